The summed E-state index contributed by atoms with van der Waals surface area (Å²) in [6.45, 7) is 0. The van der Waals surface area contributed by atoms with Crippen LogP contribution in [0.2, 0.25) is 5.02 Å². The molecule has 1 aliphatic carbocycles. The zero-order chi connectivity index (χ0) is 22.5. The normalized spacial score (nSPS) is 18.8. The van der Waals surface area contributed by atoms with Crippen molar-refractivity contribution >= 4 is 35.2 Å². The summed E-state index contributed by atoms with van der Waals surface area (Å²) in [6.07, 6.45) is 3.87. The van der Waals surface area contributed by atoms with Gasteiger partial charge in [0, 0.05) is 16.0 Å². The van der Waals surface area contributed by atoms with Crippen molar-refractivity contribution in [2.24, 2.45) is 5.92 Å². The second kappa shape index (κ2) is 10.2. The third-order valence-corrected chi connectivity index (χ3v) is 6.08. The number of esters is 1. The Hall–Kier alpha value is -2.45. The molecule has 1 amide bonds. The van der Waals surface area contributed by atoms with E-state index in [0.29, 0.717) is 23.7 Å². The van der Waals surface area contributed by atoms with Crippen molar-refractivity contribution in [3.8, 4) is 0 Å². The number of carbonyl (C=O) groups excluding carboxylic acids is 2. The summed E-state index contributed by atoms with van der Waals surface area (Å²) in [4.78, 5) is 25.3. The molecule has 2 aromatic rings. The maximum absolute atomic E-state index is 13.4. The van der Waals surface area contributed by atoms with Crippen LogP contribution in [0, 0.1) is 11.7 Å². The summed E-state index contributed by atoms with van der Waals surface area (Å²) in [7, 11) is 1.25. The molecule has 0 spiro atoms. The second-order valence-corrected chi connectivity index (χ2v) is 8.34. The fraction of sp³-hybridized carbons (Fsp3) is 0.273. The Balaban J connectivity index is 1.75. The predicted octanol–water partition coefficient (Wildman–Crippen LogP) is 5.43. The first kappa shape index (κ1) is 23.2. The van der Waals surface area contributed by atoms with Crippen LogP contribution < -0.4 is 5.32 Å². The van der Waals surface area contributed by atoms with Gasteiger partial charge in [-0.25, -0.2) is 4.39 Å². The molecule has 9 heteroatoms. The van der Waals surface area contributed by atoms with Crippen molar-refractivity contribution in [2.45, 2.75) is 29.0 Å². The number of rotatable bonds is 7. The van der Waals surface area contributed by atoms with Crippen LogP contribution in [0.1, 0.15) is 28.3 Å². The Bertz CT molecular complexity index is 1000. The Morgan fingerprint density at radius 2 is 1.94 bits per heavy atom. The predicted molar refractivity (Wildman–Crippen MR) is 113 cm³/mol. The minimum Gasteiger partial charge on any atom is -0.469 e. The van der Waals surface area contributed by atoms with E-state index < -0.39 is 35.4 Å². The van der Waals surface area contributed by atoms with E-state index in [4.69, 9.17) is 16.3 Å². The topological polar surface area (TPSA) is 55.4 Å². The molecule has 31 heavy (non-hydrogen) atoms. The summed E-state index contributed by atoms with van der Waals surface area (Å²) in [5.74, 6) is -5.33. The minimum atomic E-state index is -2.65. The summed E-state index contributed by atoms with van der Waals surface area (Å²) in [6, 6.07) is 9.48. The summed E-state index contributed by atoms with van der Waals surface area (Å²) >= 11 is 6.46. The lowest BCUT2D eigenvalue weighted by Gasteiger charge is -2.23. The van der Waals surface area contributed by atoms with Crippen LogP contribution in [0.5, 0.6) is 0 Å². The molecule has 3 rings (SSSR count). The van der Waals surface area contributed by atoms with Crippen LogP contribution in [0.4, 0.5) is 13.2 Å². The Morgan fingerprint density at radius 3 is 2.61 bits per heavy atom. The largest absolute Gasteiger partial charge is 0.469 e. The molecule has 0 radical (unpaired) electrons. The lowest BCUT2D eigenvalue weighted by molar-refractivity contribution is -0.143. The number of methoxy groups -OCH3 is 1. The van der Waals surface area contributed by atoms with Gasteiger partial charge in [0.1, 0.15) is 5.82 Å². The molecule has 0 aliphatic heterocycles. The standard InChI is InChI=1S/C22H19ClF3NO3S/c1-30-21(29)19(15-9-7-13(24)11-17(15)23)12-6-8-14(10-12)27-20(28)16-4-2-3-5-18(16)31-22(25)26/h2-9,11-12,14,19,22H,10H2,1H3,(H,27,28)/t12-,14+,19+/m1/s1. The van der Waals surface area contributed by atoms with Crippen molar-refractivity contribution in [3.63, 3.8) is 0 Å². The van der Waals surface area contributed by atoms with Gasteiger partial charge < -0.3 is 10.1 Å². The Labute approximate surface area is 186 Å². The molecule has 2 aromatic carbocycles. The molecule has 0 heterocycles. The average Bonchev–Trinajstić information content (AvgIpc) is 3.17. The molecular weight excluding hydrogens is 451 g/mol. The monoisotopic (exact) mass is 469 g/mol. The molecule has 1 aliphatic rings. The number of alkyl halides is 2. The third-order valence-electron chi connectivity index (χ3n) is 4.96. The quantitative estimate of drug-likeness (QED) is 0.334. The molecule has 0 fully saturated rings. The average molecular weight is 470 g/mol. The van der Waals surface area contributed by atoms with Crippen molar-refractivity contribution in [3.05, 3.63) is 76.6 Å². The number of ether oxygens (including phenoxy) is 1. The van der Waals surface area contributed by atoms with Crippen LogP contribution in [-0.4, -0.2) is 30.8 Å². The highest BCUT2D eigenvalue weighted by atomic mass is 35.5. The van der Waals surface area contributed by atoms with Gasteiger partial charge >= 0.3 is 5.97 Å². The molecule has 164 valence electrons. The number of allylic oxidation sites excluding steroid dienone is 1. The van der Waals surface area contributed by atoms with E-state index in [1.807, 2.05) is 0 Å². The summed E-state index contributed by atoms with van der Waals surface area (Å²) < 4.78 is 43.9. The van der Waals surface area contributed by atoms with Crippen LogP contribution in [0.15, 0.2) is 59.5 Å². The number of nitrogens with one attached hydrogen (secondary N) is 1. The van der Waals surface area contributed by atoms with Gasteiger partial charge in [-0.2, -0.15) is 8.78 Å². The fourth-order valence-corrected chi connectivity index (χ4v) is 4.52. The van der Waals surface area contributed by atoms with Gasteiger partial charge in [0.2, 0.25) is 0 Å². The zero-order valence-corrected chi connectivity index (χ0v) is 17.9. The van der Waals surface area contributed by atoms with E-state index in [2.05, 4.69) is 5.32 Å². The van der Waals surface area contributed by atoms with Crippen molar-refractivity contribution in [1.29, 1.82) is 0 Å². The van der Waals surface area contributed by atoms with Crippen LogP contribution in [0.3, 0.4) is 0 Å². The van der Waals surface area contributed by atoms with E-state index in [-0.39, 0.29) is 21.4 Å². The SMILES string of the molecule is COC(=O)[C@H](c1ccc(F)cc1Cl)[C@@H]1C=C[C@H](NC(=O)c2ccccc2SC(F)F)C1. The number of thioether (sulfide) groups is 1. The van der Waals surface area contributed by atoms with Crippen LogP contribution in [0.25, 0.3) is 0 Å². The van der Waals surface area contributed by atoms with Gasteiger partial charge in [0.15, 0.2) is 0 Å². The number of carbonyl (C=O) groups is 2. The van der Waals surface area contributed by atoms with Crippen LogP contribution >= 0.6 is 23.4 Å². The minimum absolute atomic E-state index is 0.106. The van der Waals surface area contributed by atoms with E-state index in [9.17, 15) is 22.8 Å². The fourth-order valence-electron chi connectivity index (χ4n) is 3.59. The van der Waals surface area contributed by atoms with Gasteiger partial charge in [-0.1, -0.05) is 53.7 Å². The molecule has 0 bridgehead atoms. The lowest BCUT2D eigenvalue weighted by Crippen LogP contribution is -2.34. The van der Waals surface area contributed by atoms with Crippen molar-refractivity contribution < 1.29 is 27.5 Å². The zero-order valence-electron chi connectivity index (χ0n) is 16.4. The molecular formula is C22H19ClF3NO3S. The second-order valence-electron chi connectivity index (χ2n) is 6.91. The van der Waals surface area contributed by atoms with Crippen molar-refractivity contribution in [1.82, 2.24) is 5.32 Å². The first-order valence-electron chi connectivity index (χ1n) is 9.36. The Morgan fingerprint density at radius 1 is 1.19 bits per heavy atom. The van der Waals surface area contributed by atoms with Gasteiger partial charge in [-0.3, -0.25) is 9.59 Å². The van der Waals surface area contributed by atoms with Crippen molar-refractivity contribution in [2.75, 3.05) is 7.11 Å². The maximum Gasteiger partial charge on any atom is 0.313 e. The number of amides is 1. The highest BCUT2D eigenvalue weighted by Gasteiger charge is 2.35. The van der Waals surface area contributed by atoms with E-state index in [0.717, 1.165) is 6.07 Å². The number of halogens is 4. The molecule has 0 aromatic heterocycles. The number of hydrogen-bond donors (Lipinski definition) is 1. The molecule has 0 saturated carbocycles. The van der Waals surface area contributed by atoms with E-state index >= 15 is 0 Å². The molecule has 0 unspecified atom stereocenters. The first-order chi connectivity index (χ1) is 14.8. The number of benzene rings is 2. The smallest absolute Gasteiger partial charge is 0.313 e. The molecule has 4 nitrogen and oxygen atoms in total. The van der Waals surface area contributed by atoms with Gasteiger partial charge in [-0.05, 0) is 42.2 Å². The summed E-state index contributed by atoms with van der Waals surface area (Å²) in [5, 5.41) is 2.90. The van der Waals surface area contributed by atoms with Gasteiger partial charge in [0.25, 0.3) is 11.7 Å². The number of hydrogen-bond acceptors (Lipinski definition) is 4. The molecule has 1 N–H and O–H groups in total. The summed E-state index contributed by atoms with van der Waals surface area (Å²) in [5.41, 5.74) is 0.575. The highest BCUT2D eigenvalue weighted by molar-refractivity contribution is 7.99. The lowest BCUT2D eigenvalue weighted by atomic mass is 9.85. The Kier molecular flexibility index (Phi) is 7.67. The highest BCUT2D eigenvalue weighted by Crippen LogP contribution is 2.38. The third kappa shape index (κ3) is 5.62. The van der Waals surface area contributed by atoms with Crippen LogP contribution in [-0.2, 0) is 9.53 Å². The van der Waals surface area contributed by atoms with Gasteiger partial charge in [-0.15, -0.1) is 0 Å². The van der Waals surface area contributed by atoms with E-state index in [1.165, 1.54) is 31.4 Å². The van der Waals surface area contributed by atoms with Gasteiger partial charge in [0.05, 0.1) is 18.6 Å². The first-order valence-corrected chi connectivity index (χ1v) is 10.6. The van der Waals surface area contributed by atoms with E-state index in [1.54, 1.807) is 24.3 Å². The molecule has 0 saturated heterocycles. The maximum atomic E-state index is 13.4. The molecule has 3 atom stereocenters.